The first kappa shape index (κ1) is 17.7. The summed E-state index contributed by atoms with van der Waals surface area (Å²) >= 11 is 0. The number of rotatable bonds is 3. The van der Waals surface area contributed by atoms with Gasteiger partial charge >= 0.3 is 0 Å². The number of H-pyrrole nitrogens is 1. The molecular formula is C19H17F2N4O3. The van der Waals surface area contributed by atoms with Crippen molar-refractivity contribution < 1.29 is 21.2 Å². The van der Waals surface area contributed by atoms with Crippen molar-refractivity contribution in [1.82, 2.24) is 15.6 Å². The summed E-state index contributed by atoms with van der Waals surface area (Å²) in [6.45, 7) is 0.167. The molecular weight excluding hydrogens is 370 g/mol. The Kier molecular flexibility index (Phi) is 4.31. The van der Waals surface area contributed by atoms with Crippen LogP contribution >= 0.6 is 0 Å². The highest BCUT2D eigenvalue weighted by Gasteiger charge is 2.37. The molecule has 3 N–H and O–H groups in total. The second-order valence-electron chi connectivity index (χ2n) is 6.33. The van der Waals surface area contributed by atoms with Crippen LogP contribution in [-0.4, -0.2) is 23.5 Å². The maximum atomic E-state index is 14.0. The lowest BCUT2D eigenvalue weighted by Crippen LogP contribution is -2.44. The molecule has 1 radical (unpaired) electrons. The van der Waals surface area contributed by atoms with Gasteiger partial charge < -0.3 is 20.4 Å². The van der Waals surface area contributed by atoms with Crippen LogP contribution in [0.2, 0.25) is 0 Å². The van der Waals surface area contributed by atoms with E-state index in [0.29, 0.717) is 17.4 Å². The van der Waals surface area contributed by atoms with Gasteiger partial charge in [0.25, 0.3) is 5.56 Å². The van der Waals surface area contributed by atoms with Crippen molar-refractivity contribution in [2.24, 2.45) is 0 Å². The number of hydrogen-bond donors (Lipinski definition) is 3. The summed E-state index contributed by atoms with van der Waals surface area (Å²) in [6.07, 6.45) is 2.74. The number of ether oxygens (including phenoxy) is 1. The zero-order valence-corrected chi connectivity index (χ0v) is 14.3. The monoisotopic (exact) mass is 387 g/mol. The van der Waals surface area contributed by atoms with Crippen LogP contribution in [0.1, 0.15) is 8.42 Å². The average Bonchev–Trinajstić information content (AvgIpc) is 3.08. The Morgan fingerprint density at radius 3 is 3.04 bits per heavy atom. The van der Waals surface area contributed by atoms with E-state index in [1.165, 1.54) is 18.3 Å². The number of halogens is 2. The first-order valence-corrected chi connectivity index (χ1v) is 8.34. The van der Waals surface area contributed by atoms with Gasteiger partial charge in [0.1, 0.15) is 18.4 Å². The molecule has 7 nitrogen and oxygen atoms in total. The molecule has 145 valence electrons. The van der Waals surface area contributed by atoms with Crippen molar-refractivity contribution in [3.05, 3.63) is 75.4 Å². The Hall–Kier alpha value is -3.67. The molecule has 1 saturated heterocycles. The van der Waals surface area contributed by atoms with Crippen molar-refractivity contribution in [2.45, 2.75) is 12.5 Å². The van der Waals surface area contributed by atoms with Crippen LogP contribution in [0, 0.1) is 29.0 Å². The second-order valence-corrected chi connectivity index (χ2v) is 6.33. The SMILES string of the molecule is N#CC1=CN[C]2C(=C1)OC[C@@H]2NC(=O)Cc1cc2c(F)c(F)ccc2[nH]c1=O.[HH].[HH]. The number of nitrogens with one attached hydrogen (secondary N) is 3. The average molecular weight is 387 g/mol. The zero-order chi connectivity index (χ0) is 19.8. The predicted molar refractivity (Wildman–Crippen MR) is 98.5 cm³/mol. The number of aromatic nitrogens is 1. The van der Waals surface area contributed by atoms with E-state index in [1.807, 2.05) is 6.07 Å². The lowest BCUT2D eigenvalue weighted by molar-refractivity contribution is -0.121. The number of allylic oxidation sites excluding steroid dienone is 2. The van der Waals surface area contributed by atoms with E-state index in [1.54, 1.807) is 6.08 Å². The van der Waals surface area contributed by atoms with E-state index in [2.05, 4.69) is 15.6 Å². The molecule has 1 aromatic carbocycles. The normalized spacial score (nSPS) is 18.4. The fraction of sp³-hybridized carbons (Fsp3) is 0.158. The Morgan fingerprint density at radius 2 is 2.25 bits per heavy atom. The van der Waals surface area contributed by atoms with Crippen molar-refractivity contribution in [3.8, 4) is 6.07 Å². The summed E-state index contributed by atoms with van der Waals surface area (Å²) < 4.78 is 32.8. The number of benzene rings is 1. The molecule has 1 fully saturated rings. The Bertz CT molecular complexity index is 1160. The van der Waals surface area contributed by atoms with Gasteiger partial charge in [-0.3, -0.25) is 9.59 Å². The van der Waals surface area contributed by atoms with Gasteiger partial charge in [-0.25, -0.2) is 8.78 Å². The fourth-order valence-corrected chi connectivity index (χ4v) is 3.12. The Morgan fingerprint density at radius 1 is 1.43 bits per heavy atom. The molecule has 2 aliphatic heterocycles. The number of aromatic amines is 1. The molecule has 1 amide bonds. The first-order chi connectivity index (χ1) is 13.5. The van der Waals surface area contributed by atoms with Crippen molar-refractivity contribution in [1.29, 1.82) is 5.26 Å². The molecule has 9 heteroatoms. The number of dihydropyridines is 1. The number of hydrogen-bond acceptors (Lipinski definition) is 5. The van der Waals surface area contributed by atoms with Gasteiger partial charge in [-0.2, -0.15) is 5.26 Å². The van der Waals surface area contributed by atoms with Crippen LogP contribution < -0.4 is 16.2 Å². The molecule has 1 aromatic heterocycles. The fourth-order valence-electron chi connectivity index (χ4n) is 3.12. The molecule has 1 atom stereocenters. The third-order valence-electron chi connectivity index (χ3n) is 4.50. The van der Waals surface area contributed by atoms with E-state index >= 15 is 0 Å². The summed E-state index contributed by atoms with van der Waals surface area (Å²) in [4.78, 5) is 27.0. The minimum absolute atomic E-state index is 0. The summed E-state index contributed by atoms with van der Waals surface area (Å²) in [5.41, 5.74) is -0.00356. The van der Waals surface area contributed by atoms with Crippen LogP contribution in [0.25, 0.3) is 10.9 Å². The lowest BCUT2D eigenvalue weighted by atomic mass is 10.0. The van der Waals surface area contributed by atoms with Gasteiger partial charge in [-0.15, -0.1) is 0 Å². The first-order valence-electron chi connectivity index (χ1n) is 8.34. The third kappa shape index (κ3) is 3.09. The summed E-state index contributed by atoms with van der Waals surface area (Å²) in [7, 11) is 0. The largest absolute Gasteiger partial charge is 0.493 e. The maximum Gasteiger partial charge on any atom is 0.252 e. The minimum Gasteiger partial charge on any atom is -0.493 e. The van der Waals surface area contributed by atoms with Crippen molar-refractivity contribution in [3.63, 3.8) is 0 Å². The summed E-state index contributed by atoms with van der Waals surface area (Å²) in [5, 5.41) is 14.4. The number of fused-ring (bicyclic) bond motifs is 2. The maximum absolute atomic E-state index is 14.0. The highest BCUT2D eigenvalue weighted by atomic mass is 19.2. The van der Waals surface area contributed by atoms with Crippen molar-refractivity contribution in [2.75, 3.05) is 6.61 Å². The van der Waals surface area contributed by atoms with Crippen LogP contribution in [0.5, 0.6) is 0 Å². The molecule has 2 aromatic rings. The topological polar surface area (TPSA) is 107 Å². The molecule has 0 spiro atoms. The Labute approximate surface area is 160 Å². The van der Waals surface area contributed by atoms with Crippen LogP contribution in [-0.2, 0) is 16.0 Å². The quantitative estimate of drug-likeness (QED) is 0.744. The number of amides is 1. The van der Waals surface area contributed by atoms with Gasteiger partial charge in [0.15, 0.2) is 17.7 Å². The standard InChI is InChI=1S/C19H13F2N4O3.2H2/c20-12-1-2-13-11(17(12)21)4-10(19(27)25-13)5-16(26)24-14-8-28-15-3-9(6-22)7-23-18(14)15;;/h1-4,7,14,23H,5,8H2,(H,24,26)(H,25,27);2*1H/t14-;;/m0../s1. The molecule has 3 heterocycles. The van der Waals surface area contributed by atoms with Crippen LogP contribution in [0.15, 0.2) is 46.6 Å². The smallest absolute Gasteiger partial charge is 0.252 e. The minimum atomic E-state index is -1.09. The molecule has 0 unspecified atom stereocenters. The zero-order valence-electron chi connectivity index (χ0n) is 14.3. The molecule has 0 saturated carbocycles. The van der Waals surface area contributed by atoms with E-state index < -0.39 is 29.1 Å². The van der Waals surface area contributed by atoms with Crippen molar-refractivity contribution >= 4 is 16.8 Å². The molecule has 2 aliphatic rings. The van der Waals surface area contributed by atoms with E-state index in [9.17, 15) is 18.4 Å². The van der Waals surface area contributed by atoms with Gasteiger partial charge in [-0.1, -0.05) is 0 Å². The summed E-state index contributed by atoms with van der Waals surface area (Å²) in [6, 6.07) is 5.46. The van der Waals surface area contributed by atoms with Gasteiger partial charge in [0, 0.05) is 20.0 Å². The lowest BCUT2D eigenvalue weighted by Gasteiger charge is -2.20. The van der Waals surface area contributed by atoms with Gasteiger partial charge in [0.2, 0.25) is 5.91 Å². The third-order valence-corrected chi connectivity index (χ3v) is 4.50. The van der Waals surface area contributed by atoms with E-state index in [0.717, 1.165) is 6.07 Å². The number of nitriles is 1. The van der Waals surface area contributed by atoms with Crippen LogP contribution in [0.4, 0.5) is 8.78 Å². The predicted octanol–water partition coefficient (Wildman–Crippen LogP) is 1.78. The number of carbonyl (C=O) groups is 1. The van der Waals surface area contributed by atoms with Gasteiger partial charge in [0.05, 0.1) is 23.6 Å². The second kappa shape index (κ2) is 6.81. The molecule has 28 heavy (non-hydrogen) atoms. The number of pyridine rings is 1. The molecule has 0 aliphatic carbocycles. The van der Waals surface area contributed by atoms with Crippen LogP contribution in [0.3, 0.4) is 0 Å². The van der Waals surface area contributed by atoms with Gasteiger partial charge in [-0.05, 0) is 24.3 Å². The molecule has 0 bridgehead atoms. The number of carbonyl (C=O) groups excluding carboxylic acids is 1. The Balaban J connectivity index is 0.00000160. The molecule has 4 rings (SSSR count). The highest BCUT2D eigenvalue weighted by molar-refractivity contribution is 5.83. The van der Waals surface area contributed by atoms with E-state index in [-0.39, 0.29) is 32.3 Å². The highest BCUT2D eigenvalue weighted by Crippen LogP contribution is 2.29. The summed E-state index contributed by atoms with van der Waals surface area (Å²) in [5.74, 6) is -2.15. The van der Waals surface area contributed by atoms with E-state index in [4.69, 9.17) is 10.00 Å². The number of nitrogens with zero attached hydrogens (tertiary/aromatic N) is 1.